The highest BCUT2D eigenvalue weighted by molar-refractivity contribution is 6.03. The summed E-state index contributed by atoms with van der Waals surface area (Å²) in [5.74, 6) is 0.0430. The second-order valence-electron chi connectivity index (χ2n) is 4.94. The van der Waals surface area contributed by atoms with Crippen LogP contribution in [0.5, 0.6) is 11.5 Å². The Morgan fingerprint density at radius 3 is 2.86 bits per heavy atom. The summed E-state index contributed by atoms with van der Waals surface area (Å²) in [6.45, 7) is 4.34. The zero-order valence-corrected chi connectivity index (χ0v) is 12.3. The standard InChI is InChI=1S/C15H20N2O4/c1-3-7-16-14(19)9-17-11-6-5-10(18)8-13(11)21-12(4-2)15(17)20/h5-6,8,12,18H,3-4,7,9H2,1-2H3,(H,16,19). The molecule has 1 heterocycles. The normalized spacial score (nSPS) is 17.1. The van der Waals surface area contributed by atoms with Crippen LogP contribution in [0.15, 0.2) is 18.2 Å². The number of aromatic hydroxyl groups is 1. The third kappa shape index (κ3) is 3.26. The summed E-state index contributed by atoms with van der Waals surface area (Å²) >= 11 is 0. The largest absolute Gasteiger partial charge is 0.508 e. The van der Waals surface area contributed by atoms with Crippen molar-refractivity contribution in [3.05, 3.63) is 18.2 Å². The molecule has 0 bridgehead atoms. The van der Waals surface area contributed by atoms with Crippen LogP contribution in [-0.2, 0) is 9.59 Å². The predicted octanol–water partition coefficient (Wildman–Crippen LogP) is 1.42. The number of fused-ring (bicyclic) bond motifs is 1. The van der Waals surface area contributed by atoms with Gasteiger partial charge in [0.2, 0.25) is 5.91 Å². The zero-order chi connectivity index (χ0) is 15.4. The molecule has 114 valence electrons. The van der Waals surface area contributed by atoms with Crippen LogP contribution in [0.25, 0.3) is 0 Å². The first-order valence-corrected chi connectivity index (χ1v) is 7.14. The summed E-state index contributed by atoms with van der Waals surface area (Å²) in [6, 6.07) is 4.52. The molecule has 0 aromatic heterocycles. The molecule has 1 aliphatic heterocycles. The first-order valence-electron chi connectivity index (χ1n) is 7.14. The molecule has 6 nitrogen and oxygen atoms in total. The fourth-order valence-electron chi connectivity index (χ4n) is 2.20. The number of nitrogens with one attached hydrogen (secondary N) is 1. The van der Waals surface area contributed by atoms with E-state index >= 15 is 0 Å². The number of ether oxygens (including phenoxy) is 1. The molecule has 0 radical (unpaired) electrons. The lowest BCUT2D eigenvalue weighted by Crippen LogP contribution is -2.49. The molecule has 2 rings (SSSR count). The smallest absolute Gasteiger partial charge is 0.268 e. The molecule has 1 aromatic rings. The van der Waals surface area contributed by atoms with Crippen molar-refractivity contribution < 1.29 is 19.4 Å². The highest BCUT2D eigenvalue weighted by atomic mass is 16.5. The minimum Gasteiger partial charge on any atom is -0.508 e. The van der Waals surface area contributed by atoms with Crippen molar-refractivity contribution in [2.45, 2.75) is 32.8 Å². The molecule has 0 aliphatic carbocycles. The molecule has 0 fully saturated rings. The maximum atomic E-state index is 12.4. The first kappa shape index (κ1) is 15.2. The van der Waals surface area contributed by atoms with Gasteiger partial charge in [-0.2, -0.15) is 0 Å². The van der Waals surface area contributed by atoms with E-state index < -0.39 is 6.10 Å². The van der Waals surface area contributed by atoms with E-state index in [1.165, 1.54) is 17.0 Å². The third-order valence-corrected chi connectivity index (χ3v) is 3.29. The number of phenols is 1. The van der Waals surface area contributed by atoms with Crippen molar-refractivity contribution in [1.82, 2.24) is 5.32 Å². The maximum absolute atomic E-state index is 12.4. The Kier molecular flexibility index (Phi) is 4.67. The zero-order valence-electron chi connectivity index (χ0n) is 12.3. The van der Waals surface area contributed by atoms with Crippen molar-refractivity contribution in [2.75, 3.05) is 18.0 Å². The van der Waals surface area contributed by atoms with Crippen molar-refractivity contribution in [3.63, 3.8) is 0 Å². The summed E-state index contributed by atoms with van der Waals surface area (Å²) in [6.07, 6.45) is 0.713. The van der Waals surface area contributed by atoms with Crippen LogP contribution in [0.4, 0.5) is 5.69 Å². The maximum Gasteiger partial charge on any atom is 0.268 e. The lowest BCUT2D eigenvalue weighted by atomic mass is 10.1. The highest BCUT2D eigenvalue weighted by Gasteiger charge is 2.34. The number of hydrogen-bond donors (Lipinski definition) is 2. The summed E-state index contributed by atoms with van der Waals surface area (Å²) in [7, 11) is 0. The average Bonchev–Trinajstić information content (AvgIpc) is 2.47. The monoisotopic (exact) mass is 292 g/mol. The summed E-state index contributed by atoms with van der Waals surface area (Å²) < 4.78 is 5.58. The van der Waals surface area contributed by atoms with Crippen LogP contribution in [0.3, 0.4) is 0 Å². The van der Waals surface area contributed by atoms with Crippen LogP contribution in [0, 0.1) is 0 Å². The highest BCUT2D eigenvalue weighted by Crippen LogP contribution is 2.37. The number of nitrogens with zero attached hydrogens (tertiary/aromatic N) is 1. The Labute approximate surface area is 123 Å². The number of anilines is 1. The SMILES string of the molecule is CCCNC(=O)CN1C(=O)C(CC)Oc2cc(O)ccc21. The molecule has 1 aliphatic rings. The molecule has 1 aromatic carbocycles. The molecule has 6 heteroatoms. The van der Waals surface area contributed by atoms with Crippen LogP contribution in [0.1, 0.15) is 26.7 Å². The number of carbonyl (C=O) groups excluding carboxylic acids is 2. The second-order valence-corrected chi connectivity index (χ2v) is 4.94. The van der Waals surface area contributed by atoms with Gasteiger partial charge in [0.05, 0.1) is 5.69 Å². The molecule has 2 N–H and O–H groups in total. The lowest BCUT2D eigenvalue weighted by molar-refractivity contribution is -0.129. The Morgan fingerprint density at radius 2 is 2.19 bits per heavy atom. The van der Waals surface area contributed by atoms with Gasteiger partial charge < -0.3 is 15.2 Å². The molecular formula is C15H20N2O4. The summed E-state index contributed by atoms with van der Waals surface area (Å²) in [4.78, 5) is 25.7. The van der Waals surface area contributed by atoms with Crippen LogP contribution < -0.4 is 15.0 Å². The molecule has 1 atom stereocenters. The first-order chi connectivity index (χ1) is 10.1. The van der Waals surface area contributed by atoms with E-state index in [2.05, 4.69) is 5.32 Å². The van der Waals surface area contributed by atoms with E-state index in [-0.39, 0.29) is 24.1 Å². The van der Waals surface area contributed by atoms with Gasteiger partial charge in [0, 0.05) is 12.6 Å². The topological polar surface area (TPSA) is 78.9 Å². The van der Waals surface area contributed by atoms with Gasteiger partial charge in [-0.05, 0) is 25.0 Å². The molecule has 21 heavy (non-hydrogen) atoms. The van der Waals surface area contributed by atoms with E-state index in [1.807, 2.05) is 13.8 Å². The van der Waals surface area contributed by atoms with Crippen molar-refractivity contribution in [1.29, 1.82) is 0 Å². The van der Waals surface area contributed by atoms with Gasteiger partial charge in [0.1, 0.15) is 18.0 Å². The van der Waals surface area contributed by atoms with Crippen LogP contribution in [-0.4, -0.2) is 36.1 Å². The number of hydrogen-bond acceptors (Lipinski definition) is 4. The number of phenolic OH excluding ortho intramolecular Hbond substituents is 1. The van der Waals surface area contributed by atoms with E-state index in [1.54, 1.807) is 6.07 Å². The third-order valence-electron chi connectivity index (χ3n) is 3.29. The van der Waals surface area contributed by atoms with Crippen molar-refractivity contribution in [3.8, 4) is 11.5 Å². The fourth-order valence-corrected chi connectivity index (χ4v) is 2.20. The van der Waals surface area contributed by atoms with Gasteiger partial charge in [-0.3, -0.25) is 14.5 Å². The van der Waals surface area contributed by atoms with Crippen LogP contribution >= 0.6 is 0 Å². The molecule has 1 unspecified atom stereocenters. The molecule has 0 saturated heterocycles. The Bertz CT molecular complexity index is 544. The minimum atomic E-state index is -0.627. The van der Waals surface area contributed by atoms with Crippen LogP contribution in [0.2, 0.25) is 0 Å². The van der Waals surface area contributed by atoms with Crippen molar-refractivity contribution >= 4 is 17.5 Å². The van der Waals surface area contributed by atoms with E-state index in [4.69, 9.17) is 4.74 Å². The molecule has 0 spiro atoms. The van der Waals surface area contributed by atoms with Gasteiger partial charge in [-0.1, -0.05) is 13.8 Å². The number of carbonyl (C=O) groups is 2. The molecular weight excluding hydrogens is 272 g/mol. The summed E-state index contributed by atoms with van der Waals surface area (Å²) in [5.41, 5.74) is 0.508. The summed E-state index contributed by atoms with van der Waals surface area (Å²) in [5, 5.41) is 12.3. The fraction of sp³-hybridized carbons (Fsp3) is 0.467. The average molecular weight is 292 g/mol. The minimum absolute atomic E-state index is 0.0452. The Balaban J connectivity index is 2.25. The quantitative estimate of drug-likeness (QED) is 0.860. The molecule has 2 amide bonds. The number of rotatable bonds is 5. The van der Waals surface area contributed by atoms with Gasteiger partial charge in [0.15, 0.2) is 6.10 Å². The predicted molar refractivity (Wildman–Crippen MR) is 78.5 cm³/mol. The van der Waals surface area contributed by atoms with E-state index in [0.29, 0.717) is 24.4 Å². The number of amides is 2. The van der Waals surface area contributed by atoms with Gasteiger partial charge in [-0.25, -0.2) is 0 Å². The van der Waals surface area contributed by atoms with E-state index in [9.17, 15) is 14.7 Å². The van der Waals surface area contributed by atoms with Gasteiger partial charge in [0.25, 0.3) is 5.91 Å². The van der Waals surface area contributed by atoms with Gasteiger partial charge in [-0.15, -0.1) is 0 Å². The number of benzene rings is 1. The Morgan fingerprint density at radius 1 is 1.43 bits per heavy atom. The van der Waals surface area contributed by atoms with Gasteiger partial charge >= 0.3 is 0 Å². The Hall–Kier alpha value is -2.24. The van der Waals surface area contributed by atoms with E-state index in [0.717, 1.165) is 6.42 Å². The lowest BCUT2D eigenvalue weighted by Gasteiger charge is -2.33. The molecule has 0 saturated carbocycles. The second kappa shape index (κ2) is 6.47. The van der Waals surface area contributed by atoms with Crippen molar-refractivity contribution in [2.24, 2.45) is 0 Å².